The van der Waals surface area contributed by atoms with Crippen LogP contribution in [0.25, 0.3) is 0 Å². The van der Waals surface area contributed by atoms with E-state index in [-0.39, 0.29) is 11.9 Å². The Balaban J connectivity index is 3.07. The zero-order valence-corrected chi connectivity index (χ0v) is 10.3. The third-order valence-electron chi connectivity index (χ3n) is 1.98. The predicted octanol–water partition coefficient (Wildman–Crippen LogP) is 3.06. The number of allylic oxidation sites excluding steroid dienone is 1. The van der Waals surface area contributed by atoms with Crippen LogP contribution in [-0.2, 0) is 0 Å². The summed E-state index contributed by atoms with van der Waals surface area (Å²) in [6.07, 6.45) is 1.88. The second-order valence-electron chi connectivity index (χ2n) is 3.55. The van der Waals surface area contributed by atoms with Crippen LogP contribution in [0.3, 0.4) is 0 Å². The smallest absolute Gasteiger partial charge is 0.129 e. The van der Waals surface area contributed by atoms with E-state index in [1.54, 1.807) is 12.1 Å². The van der Waals surface area contributed by atoms with Crippen molar-refractivity contribution in [3.05, 3.63) is 45.7 Å². The Bertz CT molecular complexity index is 373. The summed E-state index contributed by atoms with van der Waals surface area (Å²) in [6, 6.07) is 4.65. The van der Waals surface area contributed by atoms with Gasteiger partial charge in [0.2, 0.25) is 0 Å². The number of hydrogen-bond donors (Lipinski definition) is 2. The van der Waals surface area contributed by atoms with Gasteiger partial charge in [0.1, 0.15) is 5.82 Å². The molecule has 1 rings (SSSR count). The van der Waals surface area contributed by atoms with Crippen LogP contribution in [0.4, 0.5) is 4.39 Å². The Kier molecular flexibility index (Phi) is 4.45. The summed E-state index contributed by atoms with van der Waals surface area (Å²) < 4.78 is 14.3. The molecular formula is C11H14BrFN2. The third kappa shape index (κ3) is 3.41. The summed E-state index contributed by atoms with van der Waals surface area (Å²) in [5, 5.41) is 0. The van der Waals surface area contributed by atoms with Gasteiger partial charge in [-0.3, -0.25) is 5.84 Å². The molecule has 0 saturated heterocycles. The first kappa shape index (κ1) is 12.4. The molecule has 1 aromatic carbocycles. The maximum absolute atomic E-state index is 13.6. The van der Waals surface area contributed by atoms with Crippen LogP contribution in [0.1, 0.15) is 25.5 Å². The molecule has 2 nitrogen and oxygen atoms in total. The summed E-state index contributed by atoms with van der Waals surface area (Å²) in [6.45, 7) is 3.89. The monoisotopic (exact) mass is 272 g/mol. The highest BCUT2D eigenvalue weighted by Crippen LogP contribution is 2.22. The molecule has 0 aliphatic heterocycles. The van der Waals surface area contributed by atoms with Gasteiger partial charge < -0.3 is 0 Å². The fraction of sp³-hybridized carbons (Fsp3) is 0.273. The number of halogens is 2. The molecule has 0 radical (unpaired) electrons. The normalized spacial score (nSPS) is 12.3. The van der Waals surface area contributed by atoms with E-state index in [2.05, 4.69) is 21.4 Å². The molecule has 1 atom stereocenters. The largest absolute Gasteiger partial charge is 0.271 e. The van der Waals surface area contributed by atoms with Gasteiger partial charge in [-0.05, 0) is 26.0 Å². The molecule has 3 N–H and O–H groups in total. The van der Waals surface area contributed by atoms with Gasteiger partial charge in [-0.15, -0.1) is 0 Å². The molecule has 0 amide bonds. The Hall–Kier alpha value is -0.710. The van der Waals surface area contributed by atoms with Gasteiger partial charge in [0.15, 0.2) is 0 Å². The maximum Gasteiger partial charge on any atom is 0.129 e. The zero-order valence-electron chi connectivity index (χ0n) is 8.72. The van der Waals surface area contributed by atoms with Crippen molar-refractivity contribution < 1.29 is 4.39 Å². The van der Waals surface area contributed by atoms with Gasteiger partial charge in [0.05, 0.1) is 6.04 Å². The summed E-state index contributed by atoms with van der Waals surface area (Å²) >= 11 is 3.21. The van der Waals surface area contributed by atoms with Gasteiger partial charge >= 0.3 is 0 Å². The van der Waals surface area contributed by atoms with Crippen molar-refractivity contribution in [3.8, 4) is 0 Å². The third-order valence-corrected chi connectivity index (χ3v) is 2.47. The average molecular weight is 273 g/mol. The standard InChI is InChI=1S/C11H14BrFN2/c1-7(2)5-11(15-14)9-4-3-8(12)6-10(9)13/h3-6,11,15H,14H2,1-2H3. The summed E-state index contributed by atoms with van der Waals surface area (Å²) in [7, 11) is 0. The van der Waals surface area contributed by atoms with Crippen molar-refractivity contribution in [1.29, 1.82) is 0 Å². The molecule has 0 fully saturated rings. The number of rotatable bonds is 3. The van der Waals surface area contributed by atoms with Gasteiger partial charge in [0.25, 0.3) is 0 Å². The molecule has 82 valence electrons. The van der Waals surface area contributed by atoms with E-state index in [9.17, 15) is 4.39 Å². The number of nitrogens with one attached hydrogen (secondary N) is 1. The Labute approximate surface area is 97.5 Å². The minimum absolute atomic E-state index is 0.273. The van der Waals surface area contributed by atoms with Crippen LogP contribution in [0, 0.1) is 5.82 Å². The molecule has 0 spiro atoms. The first-order valence-corrected chi connectivity index (χ1v) is 5.40. The van der Waals surface area contributed by atoms with Crippen LogP contribution in [-0.4, -0.2) is 0 Å². The number of hydrazine groups is 1. The SMILES string of the molecule is CC(C)=CC(NN)c1ccc(Br)cc1F. The van der Waals surface area contributed by atoms with E-state index in [1.165, 1.54) is 6.07 Å². The van der Waals surface area contributed by atoms with Crippen molar-refractivity contribution in [1.82, 2.24) is 5.43 Å². The van der Waals surface area contributed by atoms with E-state index in [0.717, 1.165) is 10.0 Å². The Morgan fingerprint density at radius 2 is 2.20 bits per heavy atom. The summed E-state index contributed by atoms with van der Waals surface area (Å²) in [5.74, 6) is 5.11. The Morgan fingerprint density at radius 1 is 1.53 bits per heavy atom. The summed E-state index contributed by atoms with van der Waals surface area (Å²) in [4.78, 5) is 0. The lowest BCUT2D eigenvalue weighted by molar-refractivity contribution is 0.566. The molecule has 1 unspecified atom stereocenters. The number of benzene rings is 1. The average Bonchev–Trinajstić information content (AvgIpc) is 2.14. The lowest BCUT2D eigenvalue weighted by Gasteiger charge is -2.13. The molecule has 1 aromatic rings. The lowest BCUT2D eigenvalue weighted by Crippen LogP contribution is -2.27. The highest BCUT2D eigenvalue weighted by atomic mass is 79.9. The van der Waals surface area contributed by atoms with Crippen molar-refractivity contribution in [3.63, 3.8) is 0 Å². The molecule has 4 heteroatoms. The van der Waals surface area contributed by atoms with E-state index >= 15 is 0 Å². The van der Waals surface area contributed by atoms with E-state index in [0.29, 0.717) is 5.56 Å². The van der Waals surface area contributed by atoms with Gasteiger partial charge in [-0.25, -0.2) is 9.82 Å². The lowest BCUT2D eigenvalue weighted by atomic mass is 10.0. The van der Waals surface area contributed by atoms with Crippen LogP contribution >= 0.6 is 15.9 Å². The fourth-order valence-corrected chi connectivity index (χ4v) is 1.65. The molecule has 0 heterocycles. The van der Waals surface area contributed by atoms with E-state index < -0.39 is 0 Å². The molecule has 15 heavy (non-hydrogen) atoms. The molecule has 0 aliphatic rings. The van der Waals surface area contributed by atoms with Crippen LogP contribution in [0.2, 0.25) is 0 Å². The van der Waals surface area contributed by atoms with Crippen molar-refractivity contribution >= 4 is 15.9 Å². The van der Waals surface area contributed by atoms with Crippen molar-refractivity contribution in [2.75, 3.05) is 0 Å². The van der Waals surface area contributed by atoms with Gasteiger partial charge in [-0.1, -0.05) is 33.6 Å². The minimum atomic E-state index is -0.289. The zero-order chi connectivity index (χ0) is 11.4. The highest BCUT2D eigenvalue weighted by Gasteiger charge is 2.11. The molecule has 0 bridgehead atoms. The Morgan fingerprint density at radius 3 is 2.67 bits per heavy atom. The quantitative estimate of drug-likeness (QED) is 0.504. The fourth-order valence-electron chi connectivity index (χ4n) is 1.31. The van der Waals surface area contributed by atoms with Crippen molar-refractivity contribution in [2.24, 2.45) is 5.84 Å². The molecule has 0 saturated carbocycles. The van der Waals surface area contributed by atoms with E-state index in [4.69, 9.17) is 5.84 Å². The van der Waals surface area contributed by atoms with Crippen molar-refractivity contribution in [2.45, 2.75) is 19.9 Å². The second-order valence-corrected chi connectivity index (χ2v) is 4.47. The maximum atomic E-state index is 13.6. The number of hydrogen-bond acceptors (Lipinski definition) is 2. The topological polar surface area (TPSA) is 38.0 Å². The van der Waals surface area contributed by atoms with Crippen LogP contribution < -0.4 is 11.3 Å². The highest BCUT2D eigenvalue weighted by molar-refractivity contribution is 9.10. The first-order valence-electron chi connectivity index (χ1n) is 4.60. The van der Waals surface area contributed by atoms with E-state index in [1.807, 2.05) is 19.9 Å². The first-order chi connectivity index (χ1) is 7.04. The van der Waals surface area contributed by atoms with Crippen LogP contribution in [0.5, 0.6) is 0 Å². The molecule has 0 aliphatic carbocycles. The predicted molar refractivity (Wildman–Crippen MR) is 63.6 cm³/mol. The summed E-state index contributed by atoms with van der Waals surface area (Å²) in [5.41, 5.74) is 4.21. The van der Waals surface area contributed by atoms with Gasteiger partial charge in [-0.2, -0.15) is 0 Å². The second kappa shape index (κ2) is 5.39. The minimum Gasteiger partial charge on any atom is -0.271 e. The van der Waals surface area contributed by atoms with Crippen LogP contribution in [0.15, 0.2) is 34.3 Å². The molecular weight excluding hydrogens is 259 g/mol. The number of nitrogens with two attached hydrogens (primary N) is 1. The van der Waals surface area contributed by atoms with Gasteiger partial charge in [0, 0.05) is 10.0 Å². The molecule has 0 aromatic heterocycles.